The third-order valence-electron chi connectivity index (χ3n) is 3.77. The molecule has 0 spiro atoms. The van der Waals surface area contributed by atoms with Crippen LogP contribution in [0.5, 0.6) is 5.75 Å². The molecular weight excluding hydrogens is 332 g/mol. The summed E-state index contributed by atoms with van der Waals surface area (Å²) in [5.74, 6) is 0.280. The van der Waals surface area contributed by atoms with Crippen LogP contribution in [0.25, 0.3) is 22.1 Å². The molecule has 0 N–H and O–H groups in total. The Balaban J connectivity index is 1.78. The van der Waals surface area contributed by atoms with Gasteiger partial charge in [-0.25, -0.2) is 4.79 Å². The highest BCUT2D eigenvalue weighted by Gasteiger charge is 2.11. The molecular formula is C21H20O5. The fourth-order valence-corrected chi connectivity index (χ4v) is 2.46. The average molecular weight is 352 g/mol. The Morgan fingerprint density at radius 2 is 1.88 bits per heavy atom. The van der Waals surface area contributed by atoms with Crippen molar-refractivity contribution in [2.75, 3.05) is 13.2 Å². The molecule has 0 unspecified atom stereocenters. The van der Waals surface area contributed by atoms with E-state index in [4.69, 9.17) is 13.9 Å². The summed E-state index contributed by atoms with van der Waals surface area (Å²) in [5.41, 5.74) is 1.60. The Morgan fingerprint density at radius 1 is 1.12 bits per heavy atom. The predicted molar refractivity (Wildman–Crippen MR) is 99.2 cm³/mol. The largest absolute Gasteiger partial charge is 0.482 e. The van der Waals surface area contributed by atoms with E-state index in [1.54, 1.807) is 18.2 Å². The molecule has 0 amide bonds. The zero-order valence-electron chi connectivity index (χ0n) is 14.7. The van der Waals surface area contributed by atoms with E-state index >= 15 is 0 Å². The van der Waals surface area contributed by atoms with Crippen molar-refractivity contribution in [2.24, 2.45) is 5.92 Å². The summed E-state index contributed by atoms with van der Waals surface area (Å²) in [7, 11) is 0. The maximum absolute atomic E-state index is 12.7. The highest BCUT2D eigenvalue weighted by atomic mass is 16.6. The average Bonchev–Trinajstić information content (AvgIpc) is 2.65. The summed E-state index contributed by atoms with van der Waals surface area (Å²) in [5, 5.41) is 0.459. The van der Waals surface area contributed by atoms with Gasteiger partial charge in [-0.3, -0.25) is 4.79 Å². The number of ether oxygens (including phenoxy) is 2. The quantitative estimate of drug-likeness (QED) is 0.627. The number of hydrogen-bond donors (Lipinski definition) is 0. The zero-order chi connectivity index (χ0) is 18.5. The summed E-state index contributed by atoms with van der Waals surface area (Å²) >= 11 is 0. The molecule has 2 aromatic carbocycles. The summed E-state index contributed by atoms with van der Waals surface area (Å²) in [6.07, 6.45) is 1.45. The molecule has 134 valence electrons. The highest BCUT2D eigenvalue weighted by Crippen LogP contribution is 2.23. The Morgan fingerprint density at radius 3 is 2.62 bits per heavy atom. The smallest absolute Gasteiger partial charge is 0.344 e. The monoisotopic (exact) mass is 352 g/mol. The van der Waals surface area contributed by atoms with E-state index in [2.05, 4.69) is 0 Å². The number of carbonyl (C=O) groups is 1. The van der Waals surface area contributed by atoms with Gasteiger partial charge in [0.15, 0.2) is 12.0 Å². The second-order valence-corrected chi connectivity index (χ2v) is 6.37. The van der Waals surface area contributed by atoms with E-state index < -0.39 is 5.97 Å². The van der Waals surface area contributed by atoms with E-state index in [1.165, 1.54) is 6.26 Å². The minimum absolute atomic E-state index is 0.111. The summed E-state index contributed by atoms with van der Waals surface area (Å²) in [6, 6.07) is 14.2. The number of benzene rings is 2. The molecule has 5 nitrogen and oxygen atoms in total. The van der Waals surface area contributed by atoms with Gasteiger partial charge < -0.3 is 13.9 Å². The number of rotatable bonds is 6. The van der Waals surface area contributed by atoms with Crippen LogP contribution in [0.3, 0.4) is 0 Å². The van der Waals surface area contributed by atoms with Gasteiger partial charge in [-0.2, -0.15) is 0 Å². The molecule has 1 aromatic heterocycles. The lowest BCUT2D eigenvalue weighted by Crippen LogP contribution is -2.17. The lowest BCUT2D eigenvalue weighted by atomic mass is 10.1. The van der Waals surface area contributed by atoms with Gasteiger partial charge in [-0.15, -0.1) is 0 Å². The molecule has 3 aromatic rings. The number of carbonyl (C=O) groups excluding carboxylic acids is 1. The van der Waals surface area contributed by atoms with Crippen molar-refractivity contribution in [3.63, 3.8) is 0 Å². The van der Waals surface area contributed by atoms with E-state index in [1.807, 2.05) is 44.2 Å². The molecule has 0 radical (unpaired) electrons. The maximum Gasteiger partial charge on any atom is 0.344 e. The van der Waals surface area contributed by atoms with Crippen molar-refractivity contribution in [3.05, 3.63) is 65.0 Å². The molecule has 0 atom stereocenters. The van der Waals surface area contributed by atoms with Gasteiger partial charge in [0.25, 0.3) is 0 Å². The van der Waals surface area contributed by atoms with Crippen LogP contribution in [-0.4, -0.2) is 19.2 Å². The highest BCUT2D eigenvalue weighted by molar-refractivity contribution is 5.82. The van der Waals surface area contributed by atoms with Gasteiger partial charge in [0.1, 0.15) is 17.6 Å². The minimum Gasteiger partial charge on any atom is -0.482 e. The Kier molecular flexibility index (Phi) is 5.37. The first-order valence-corrected chi connectivity index (χ1v) is 8.44. The molecule has 0 saturated heterocycles. The summed E-state index contributed by atoms with van der Waals surface area (Å²) in [6.45, 7) is 4.09. The fraction of sp³-hybridized carbons (Fsp3) is 0.238. The van der Waals surface area contributed by atoms with Crippen LogP contribution in [0.2, 0.25) is 0 Å². The van der Waals surface area contributed by atoms with Gasteiger partial charge in [0, 0.05) is 6.07 Å². The normalized spacial score (nSPS) is 10.9. The molecule has 0 saturated carbocycles. The van der Waals surface area contributed by atoms with E-state index in [9.17, 15) is 9.59 Å². The van der Waals surface area contributed by atoms with Crippen molar-refractivity contribution in [1.82, 2.24) is 0 Å². The molecule has 0 bridgehead atoms. The number of fused-ring (bicyclic) bond motifs is 1. The van der Waals surface area contributed by atoms with Crippen LogP contribution in [0.15, 0.2) is 64.0 Å². The summed E-state index contributed by atoms with van der Waals surface area (Å²) < 4.78 is 16.1. The van der Waals surface area contributed by atoms with Crippen molar-refractivity contribution in [3.8, 4) is 16.9 Å². The molecule has 0 aliphatic heterocycles. The van der Waals surface area contributed by atoms with Gasteiger partial charge in [0.05, 0.1) is 17.6 Å². The molecule has 0 fully saturated rings. The van der Waals surface area contributed by atoms with Crippen molar-refractivity contribution in [2.45, 2.75) is 13.8 Å². The molecule has 0 aliphatic rings. The molecule has 26 heavy (non-hydrogen) atoms. The number of hydrogen-bond acceptors (Lipinski definition) is 5. The van der Waals surface area contributed by atoms with Crippen LogP contribution in [0, 0.1) is 5.92 Å². The minimum atomic E-state index is -0.431. The van der Waals surface area contributed by atoms with Crippen LogP contribution in [0.4, 0.5) is 0 Å². The Bertz CT molecular complexity index is 957. The van der Waals surface area contributed by atoms with Gasteiger partial charge in [-0.05, 0) is 23.6 Å². The third-order valence-corrected chi connectivity index (χ3v) is 3.77. The lowest BCUT2D eigenvalue weighted by molar-refractivity contribution is -0.147. The van der Waals surface area contributed by atoms with Crippen molar-refractivity contribution >= 4 is 16.9 Å². The maximum atomic E-state index is 12.7. The van der Waals surface area contributed by atoms with E-state index in [0.29, 0.717) is 28.9 Å². The molecule has 1 heterocycles. The second kappa shape index (κ2) is 7.87. The van der Waals surface area contributed by atoms with Gasteiger partial charge in [-0.1, -0.05) is 44.2 Å². The van der Waals surface area contributed by atoms with E-state index in [-0.39, 0.29) is 18.0 Å². The Hall–Kier alpha value is -3.08. The van der Waals surface area contributed by atoms with Gasteiger partial charge >= 0.3 is 5.97 Å². The standard InChI is InChI=1S/C21H20O5/c1-14(2)11-26-20(22)13-24-16-8-9-17-19(10-16)25-12-18(21(17)23)15-6-4-3-5-7-15/h3-10,12,14H,11,13H2,1-2H3. The molecule has 3 rings (SSSR count). The van der Waals surface area contributed by atoms with Crippen LogP contribution in [-0.2, 0) is 9.53 Å². The van der Waals surface area contributed by atoms with Crippen molar-refractivity contribution in [1.29, 1.82) is 0 Å². The first-order chi connectivity index (χ1) is 12.5. The van der Waals surface area contributed by atoms with Crippen LogP contribution >= 0.6 is 0 Å². The topological polar surface area (TPSA) is 65.7 Å². The van der Waals surface area contributed by atoms with E-state index in [0.717, 1.165) is 5.56 Å². The first kappa shape index (κ1) is 17.7. The SMILES string of the molecule is CC(C)COC(=O)COc1ccc2c(=O)c(-c3ccccc3)coc2c1. The predicted octanol–water partition coefficient (Wildman–Crippen LogP) is 4.04. The lowest BCUT2D eigenvalue weighted by Gasteiger charge is -2.09. The second-order valence-electron chi connectivity index (χ2n) is 6.37. The van der Waals surface area contributed by atoms with Crippen LogP contribution < -0.4 is 10.2 Å². The van der Waals surface area contributed by atoms with Crippen molar-refractivity contribution < 1.29 is 18.7 Å². The van der Waals surface area contributed by atoms with Crippen LogP contribution in [0.1, 0.15) is 13.8 Å². The Labute approximate surface area is 151 Å². The van der Waals surface area contributed by atoms with Gasteiger partial charge in [0.2, 0.25) is 0 Å². The fourth-order valence-electron chi connectivity index (χ4n) is 2.46. The molecule has 5 heteroatoms. The summed E-state index contributed by atoms with van der Waals surface area (Å²) in [4.78, 5) is 24.3. The number of esters is 1. The third kappa shape index (κ3) is 4.11. The zero-order valence-corrected chi connectivity index (χ0v) is 14.7. The first-order valence-electron chi connectivity index (χ1n) is 8.44. The molecule has 0 aliphatic carbocycles.